The Morgan fingerprint density at radius 3 is 2.60 bits per heavy atom. The first-order valence-electron chi connectivity index (χ1n) is 10.3. The number of carbonyl (C=O) groups excluding carboxylic acids is 1. The highest BCUT2D eigenvalue weighted by Crippen LogP contribution is 2.42. The van der Waals surface area contributed by atoms with Crippen molar-refractivity contribution in [2.24, 2.45) is 24.3 Å². The molecule has 2 aromatic rings. The third-order valence-corrected chi connectivity index (χ3v) is 6.66. The van der Waals surface area contributed by atoms with Crippen LogP contribution in [0, 0.1) is 17.3 Å². The van der Waals surface area contributed by atoms with Gasteiger partial charge in [0.25, 0.3) is 0 Å². The Kier molecular flexibility index (Phi) is 5.09. The topological polar surface area (TPSA) is 71.0 Å². The molecule has 1 saturated carbocycles. The molecule has 4 rings (SSSR count). The van der Waals surface area contributed by atoms with Gasteiger partial charge in [-0.05, 0) is 48.8 Å². The summed E-state index contributed by atoms with van der Waals surface area (Å²) in [7, 11) is 1.33. The first-order chi connectivity index (χ1) is 13.9. The number of imidazole rings is 1. The lowest BCUT2D eigenvalue weighted by molar-refractivity contribution is -0.146. The number of carbonyl (C=O) groups is 1. The van der Waals surface area contributed by atoms with Crippen molar-refractivity contribution in [2.45, 2.75) is 58.3 Å². The summed E-state index contributed by atoms with van der Waals surface area (Å²) >= 11 is 0. The van der Waals surface area contributed by atoms with Gasteiger partial charge in [-0.2, -0.15) is 13.2 Å². The minimum Gasteiger partial charge on any atom is -0.325 e. The summed E-state index contributed by atoms with van der Waals surface area (Å²) < 4.78 is 40.3. The third kappa shape index (κ3) is 3.80. The quantitative estimate of drug-likeness (QED) is 0.687. The molecule has 164 valence electrons. The monoisotopic (exact) mass is 423 g/mol. The van der Waals surface area contributed by atoms with Gasteiger partial charge < -0.3 is 9.88 Å². The molecule has 2 fully saturated rings. The summed E-state index contributed by atoms with van der Waals surface area (Å²) in [5.41, 5.74) is 7.57. The normalized spacial score (nSPS) is 27.3. The second-order valence-electron chi connectivity index (χ2n) is 9.60. The molecule has 4 unspecified atom stereocenters. The zero-order chi connectivity index (χ0) is 21.8. The van der Waals surface area contributed by atoms with E-state index < -0.39 is 12.0 Å². The van der Waals surface area contributed by atoms with Crippen molar-refractivity contribution in [1.82, 2.24) is 20.4 Å². The maximum absolute atomic E-state index is 13.1. The van der Waals surface area contributed by atoms with Crippen LogP contribution in [0.5, 0.6) is 0 Å². The second-order valence-corrected chi connectivity index (χ2v) is 9.60. The molecular formula is C21H28F3N5O. The number of rotatable bonds is 2. The molecule has 9 heteroatoms. The van der Waals surface area contributed by atoms with E-state index >= 15 is 0 Å². The number of aromatic nitrogens is 2. The molecule has 4 atom stereocenters. The van der Waals surface area contributed by atoms with Crippen LogP contribution in [0.25, 0.3) is 11.0 Å². The summed E-state index contributed by atoms with van der Waals surface area (Å²) in [5.74, 6) is -0.420. The number of amides is 1. The minimum atomic E-state index is -4.53. The van der Waals surface area contributed by atoms with Gasteiger partial charge in [0.2, 0.25) is 11.7 Å². The molecule has 30 heavy (non-hydrogen) atoms. The van der Waals surface area contributed by atoms with Crippen molar-refractivity contribution >= 4 is 22.6 Å². The lowest BCUT2D eigenvalue weighted by Crippen LogP contribution is -2.43. The number of hydrogen-bond donors (Lipinski definition) is 3. The maximum Gasteiger partial charge on any atom is 0.449 e. The van der Waals surface area contributed by atoms with Gasteiger partial charge in [-0.3, -0.25) is 10.2 Å². The highest BCUT2D eigenvalue weighted by molar-refractivity contribution is 5.97. The molecule has 1 saturated heterocycles. The van der Waals surface area contributed by atoms with Crippen LogP contribution in [-0.4, -0.2) is 27.5 Å². The Balaban J connectivity index is 1.51. The predicted octanol–water partition coefficient (Wildman–Crippen LogP) is 3.84. The van der Waals surface area contributed by atoms with Crippen molar-refractivity contribution in [3.8, 4) is 0 Å². The average Bonchev–Trinajstić information content (AvgIpc) is 3.21. The second kappa shape index (κ2) is 7.23. The van der Waals surface area contributed by atoms with Gasteiger partial charge in [0.1, 0.15) is 6.04 Å². The smallest absolute Gasteiger partial charge is 0.325 e. The van der Waals surface area contributed by atoms with E-state index in [0.717, 1.165) is 23.8 Å². The molecule has 2 heterocycles. The Bertz CT molecular complexity index is 962. The molecule has 0 bridgehead atoms. The summed E-state index contributed by atoms with van der Waals surface area (Å²) in [5, 5.41) is 2.86. The summed E-state index contributed by atoms with van der Waals surface area (Å²) in [6.45, 7) is 6.71. The molecule has 1 aliphatic carbocycles. The fourth-order valence-electron chi connectivity index (χ4n) is 4.85. The van der Waals surface area contributed by atoms with Crippen LogP contribution in [-0.2, 0) is 18.0 Å². The fourth-order valence-corrected chi connectivity index (χ4v) is 4.85. The summed E-state index contributed by atoms with van der Waals surface area (Å²) in [4.78, 5) is 16.7. The number of alkyl halides is 3. The lowest BCUT2D eigenvalue weighted by Gasteiger charge is -2.39. The SMILES string of the molecule is Cn1c(C(F)(F)F)nc2cc(NC(=O)C3NNC4CCC(C(C)(C)C)CC43)ccc21. The molecule has 0 spiro atoms. The van der Waals surface area contributed by atoms with Crippen molar-refractivity contribution in [1.29, 1.82) is 0 Å². The fraction of sp³-hybridized carbons (Fsp3) is 0.619. The molecular weight excluding hydrogens is 395 g/mol. The zero-order valence-electron chi connectivity index (χ0n) is 17.6. The molecule has 1 aromatic heterocycles. The molecule has 2 aliphatic rings. The third-order valence-electron chi connectivity index (χ3n) is 6.66. The van der Waals surface area contributed by atoms with Gasteiger partial charge in [-0.1, -0.05) is 20.8 Å². The Hall–Kier alpha value is -2.13. The van der Waals surface area contributed by atoms with Crippen LogP contribution in [0.2, 0.25) is 0 Å². The number of hydrogen-bond acceptors (Lipinski definition) is 4. The van der Waals surface area contributed by atoms with Crippen molar-refractivity contribution < 1.29 is 18.0 Å². The number of anilines is 1. The van der Waals surface area contributed by atoms with E-state index in [9.17, 15) is 18.0 Å². The molecule has 6 nitrogen and oxygen atoms in total. The van der Waals surface area contributed by atoms with Gasteiger partial charge in [-0.25, -0.2) is 10.4 Å². The van der Waals surface area contributed by atoms with Crippen LogP contribution in [0.3, 0.4) is 0 Å². The highest BCUT2D eigenvalue weighted by atomic mass is 19.4. The maximum atomic E-state index is 13.1. The van der Waals surface area contributed by atoms with Crippen molar-refractivity contribution in [2.75, 3.05) is 5.32 Å². The van der Waals surface area contributed by atoms with Crippen LogP contribution in [0.4, 0.5) is 18.9 Å². The number of hydrazine groups is 1. The van der Waals surface area contributed by atoms with Gasteiger partial charge >= 0.3 is 6.18 Å². The van der Waals surface area contributed by atoms with E-state index in [-0.39, 0.29) is 34.8 Å². The Morgan fingerprint density at radius 2 is 1.93 bits per heavy atom. The first kappa shape index (κ1) is 21.1. The number of benzene rings is 1. The van der Waals surface area contributed by atoms with Crippen LogP contribution in [0.15, 0.2) is 18.2 Å². The highest BCUT2D eigenvalue weighted by Gasteiger charge is 2.45. The van der Waals surface area contributed by atoms with E-state index in [1.807, 2.05) is 0 Å². The number of nitrogens with one attached hydrogen (secondary N) is 3. The van der Waals surface area contributed by atoms with E-state index in [1.165, 1.54) is 13.1 Å². The van der Waals surface area contributed by atoms with E-state index in [4.69, 9.17) is 0 Å². The number of nitrogens with zero attached hydrogens (tertiary/aromatic N) is 2. The summed E-state index contributed by atoms with van der Waals surface area (Å²) in [6.07, 6.45) is -1.42. The molecule has 0 radical (unpaired) electrons. The number of aryl methyl sites for hydroxylation is 1. The van der Waals surface area contributed by atoms with Crippen molar-refractivity contribution in [3.05, 3.63) is 24.0 Å². The van der Waals surface area contributed by atoms with Gasteiger partial charge in [0.15, 0.2) is 0 Å². The van der Waals surface area contributed by atoms with Gasteiger partial charge in [-0.15, -0.1) is 0 Å². The number of fused-ring (bicyclic) bond motifs is 2. The number of halogens is 3. The molecule has 1 aromatic carbocycles. The van der Waals surface area contributed by atoms with Crippen LogP contribution in [0.1, 0.15) is 45.9 Å². The molecule has 1 amide bonds. The van der Waals surface area contributed by atoms with Gasteiger partial charge in [0.05, 0.1) is 11.0 Å². The molecule has 3 N–H and O–H groups in total. The minimum absolute atomic E-state index is 0.179. The van der Waals surface area contributed by atoms with E-state index in [2.05, 4.69) is 41.9 Å². The van der Waals surface area contributed by atoms with E-state index in [1.54, 1.807) is 12.1 Å². The Labute approximate surface area is 173 Å². The van der Waals surface area contributed by atoms with Gasteiger partial charge in [0, 0.05) is 24.7 Å². The largest absolute Gasteiger partial charge is 0.449 e. The standard InChI is InChI=1S/C21H28F3N5O/c1-20(2,3)11-5-7-14-13(9-11)17(28-27-14)18(30)25-12-6-8-16-15(10-12)26-19(29(16)4)21(22,23)24/h6,8,10-11,13-14,17,27-28H,5,7,9H2,1-4H3,(H,25,30). The van der Waals surface area contributed by atoms with Crippen LogP contribution >= 0.6 is 0 Å². The predicted molar refractivity (Wildman–Crippen MR) is 108 cm³/mol. The summed E-state index contributed by atoms with van der Waals surface area (Å²) in [6, 6.07) is 4.52. The van der Waals surface area contributed by atoms with E-state index in [0.29, 0.717) is 17.1 Å². The lowest BCUT2D eigenvalue weighted by atomic mass is 9.66. The Morgan fingerprint density at radius 1 is 1.20 bits per heavy atom. The first-order valence-corrected chi connectivity index (χ1v) is 10.3. The average molecular weight is 423 g/mol. The van der Waals surface area contributed by atoms with Crippen molar-refractivity contribution in [3.63, 3.8) is 0 Å². The zero-order valence-corrected chi connectivity index (χ0v) is 17.6. The van der Waals surface area contributed by atoms with Crippen LogP contribution < -0.4 is 16.2 Å². The molecule has 1 aliphatic heterocycles.